The third-order valence-corrected chi connectivity index (χ3v) is 2.34. The molecule has 1 aromatic heterocycles. The van der Waals surface area contributed by atoms with Crippen molar-refractivity contribution in [3.8, 4) is 11.1 Å². The summed E-state index contributed by atoms with van der Waals surface area (Å²) in [5, 5.41) is 8.87. The molecule has 15 heavy (non-hydrogen) atoms. The van der Waals surface area contributed by atoms with E-state index in [9.17, 15) is 0 Å². The zero-order valence-electron chi connectivity index (χ0n) is 8.43. The molecule has 0 aliphatic rings. The van der Waals surface area contributed by atoms with Crippen LogP contribution in [-0.2, 0) is 6.42 Å². The molecule has 0 unspecified atom stereocenters. The molecule has 0 aliphatic carbocycles. The van der Waals surface area contributed by atoms with E-state index in [4.69, 9.17) is 5.11 Å². The first-order chi connectivity index (χ1) is 7.40. The van der Waals surface area contributed by atoms with Crippen LogP contribution >= 0.6 is 0 Å². The standard InChI is InChI=1S/C13H13NO/c15-9-6-11-2-1-3-13(10-11)12-4-7-14-8-5-12/h1-5,7-8,10,15H,6,9H2. The Morgan fingerprint density at radius 3 is 2.53 bits per heavy atom. The number of benzene rings is 1. The second kappa shape index (κ2) is 4.71. The van der Waals surface area contributed by atoms with Crippen LogP contribution in [0.5, 0.6) is 0 Å². The summed E-state index contributed by atoms with van der Waals surface area (Å²) in [6.07, 6.45) is 4.28. The van der Waals surface area contributed by atoms with Gasteiger partial charge in [-0.15, -0.1) is 0 Å². The average Bonchev–Trinajstić information content (AvgIpc) is 2.31. The lowest BCUT2D eigenvalue weighted by Gasteiger charge is -2.03. The Kier molecular flexibility index (Phi) is 3.10. The van der Waals surface area contributed by atoms with Gasteiger partial charge in [0.1, 0.15) is 0 Å². The number of hydrogen-bond donors (Lipinski definition) is 1. The molecule has 1 aromatic carbocycles. The van der Waals surface area contributed by atoms with Gasteiger partial charge in [-0.25, -0.2) is 0 Å². The third-order valence-electron chi connectivity index (χ3n) is 2.34. The van der Waals surface area contributed by atoms with Crippen LogP contribution in [0.2, 0.25) is 0 Å². The van der Waals surface area contributed by atoms with Gasteiger partial charge in [-0.2, -0.15) is 0 Å². The molecule has 0 amide bonds. The van der Waals surface area contributed by atoms with Crippen molar-refractivity contribution in [1.29, 1.82) is 0 Å². The van der Waals surface area contributed by atoms with Crippen LogP contribution in [-0.4, -0.2) is 16.7 Å². The van der Waals surface area contributed by atoms with Crippen molar-refractivity contribution in [1.82, 2.24) is 4.98 Å². The summed E-state index contributed by atoms with van der Waals surface area (Å²) >= 11 is 0. The highest BCUT2D eigenvalue weighted by Gasteiger charge is 1.98. The molecule has 76 valence electrons. The maximum atomic E-state index is 8.87. The molecule has 2 nitrogen and oxygen atoms in total. The van der Waals surface area contributed by atoms with E-state index in [-0.39, 0.29) is 6.61 Å². The van der Waals surface area contributed by atoms with Crippen molar-refractivity contribution in [2.75, 3.05) is 6.61 Å². The van der Waals surface area contributed by atoms with Gasteiger partial charge < -0.3 is 5.11 Å². The molecule has 0 fully saturated rings. The fourth-order valence-electron chi connectivity index (χ4n) is 1.58. The van der Waals surface area contributed by atoms with Gasteiger partial charge in [-0.1, -0.05) is 24.3 Å². The zero-order valence-corrected chi connectivity index (χ0v) is 8.43. The van der Waals surface area contributed by atoms with Gasteiger partial charge in [0.05, 0.1) is 0 Å². The second-order valence-electron chi connectivity index (χ2n) is 3.41. The van der Waals surface area contributed by atoms with Crippen molar-refractivity contribution in [2.24, 2.45) is 0 Å². The summed E-state index contributed by atoms with van der Waals surface area (Å²) in [6.45, 7) is 0.194. The SMILES string of the molecule is OCCc1cccc(-c2ccncc2)c1. The molecular formula is C13H13NO. The van der Waals surface area contributed by atoms with Gasteiger partial charge in [-0.05, 0) is 35.2 Å². The summed E-state index contributed by atoms with van der Waals surface area (Å²) in [7, 11) is 0. The maximum absolute atomic E-state index is 8.87. The Labute approximate surface area is 89.2 Å². The van der Waals surface area contributed by atoms with E-state index >= 15 is 0 Å². The van der Waals surface area contributed by atoms with E-state index < -0.39 is 0 Å². The Bertz CT molecular complexity index is 426. The Morgan fingerprint density at radius 2 is 1.80 bits per heavy atom. The Morgan fingerprint density at radius 1 is 1.00 bits per heavy atom. The molecule has 0 saturated carbocycles. The van der Waals surface area contributed by atoms with Crippen LogP contribution < -0.4 is 0 Å². The van der Waals surface area contributed by atoms with Gasteiger partial charge in [0.15, 0.2) is 0 Å². The molecule has 2 heteroatoms. The number of aliphatic hydroxyl groups is 1. The molecule has 2 rings (SSSR count). The number of aliphatic hydroxyl groups excluding tert-OH is 1. The first kappa shape index (κ1) is 9.87. The lowest BCUT2D eigenvalue weighted by molar-refractivity contribution is 0.299. The van der Waals surface area contributed by atoms with E-state index in [0.29, 0.717) is 6.42 Å². The van der Waals surface area contributed by atoms with Crippen molar-refractivity contribution >= 4 is 0 Å². The minimum Gasteiger partial charge on any atom is -0.396 e. The predicted octanol–water partition coefficient (Wildman–Crippen LogP) is 2.28. The lowest BCUT2D eigenvalue weighted by atomic mass is 10.0. The molecule has 0 bridgehead atoms. The van der Waals surface area contributed by atoms with E-state index in [1.807, 2.05) is 24.3 Å². The van der Waals surface area contributed by atoms with Crippen LogP contribution in [0, 0.1) is 0 Å². The fraction of sp³-hybridized carbons (Fsp3) is 0.154. The lowest BCUT2D eigenvalue weighted by Crippen LogP contribution is -1.90. The normalized spacial score (nSPS) is 10.2. The fourth-order valence-corrected chi connectivity index (χ4v) is 1.58. The van der Waals surface area contributed by atoms with E-state index in [0.717, 1.165) is 11.1 Å². The van der Waals surface area contributed by atoms with E-state index in [1.165, 1.54) is 5.56 Å². The highest BCUT2D eigenvalue weighted by molar-refractivity contribution is 5.63. The summed E-state index contributed by atoms with van der Waals surface area (Å²) in [4.78, 5) is 3.99. The highest BCUT2D eigenvalue weighted by atomic mass is 16.2. The molecule has 1 heterocycles. The van der Waals surface area contributed by atoms with Gasteiger partial charge in [0.25, 0.3) is 0 Å². The number of hydrogen-bond acceptors (Lipinski definition) is 2. The quantitative estimate of drug-likeness (QED) is 0.822. The Hall–Kier alpha value is -1.67. The average molecular weight is 199 g/mol. The monoisotopic (exact) mass is 199 g/mol. The highest BCUT2D eigenvalue weighted by Crippen LogP contribution is 2.19. The van der Waals surface area contributed by atoms with Crippen LogP contribution in [0.4, 0.5) is 0 Å². The first-order valence-corrected chi connectivity index (χ1v) is 5.00. The van der Waals surface area contributed by atoms with Gasteiger partial charge in [-0.3, -0.25) is 4.98 Å². The van der Waals surface area contributed by atoms with Crippen molar-refractivity contribution in [2.45, 2.75) is 6.42 Å². The summed E-state index contributed by atoms with van der Waals surface area (Å²) in [5.74, 6) is 0. The summed E-state index contributed by atoms with van der Waals surface area (Å²) in [6, 6.07) is 12.2. The zero-order chi connectivity index (χ0) is 10.5. The number of aromatic nitrogens is 1. The molecule has 0 spiro atoms. The maximum Gasteiger partial charge on any atom is 0.0471 e. The smallest absolute Gasteiger partial charge is 0.0471 e. The molecule has 0 radical (unpaired) electrons. The predicted molar refractivity (Wildman–Crippen MR) is 60.5 cm³/mol. The van der Waals surface area contributed by atoms with Crippen LogP contribution in [0.1, 0.15) is 5.56 Å². The molecule has 0 atom stereocenters. The van der Waals surface area contributed by atoms with Crippen molar-refractivity contribution in [3.05, 3.63) is 54.4 Å². The largest absolute Gasteiger partial charge is 0.396 e. The number of rotatable bonds is 3. The van der Waals surface area contributed by atoms with Crippen LogP contribution in [0.25, 0.3) is 11.1 Å². The van der Waals surface area contributed by atoms with Crippen molar-refractivity contribution < 1.29 is 5.11 Å². The molecule has 2 aromatic rings. The number of nitrogens with zero attached hydrogens (tertiary/aromatic N) is 1. The van der Waals surface area contributed by atoms with E-state index in [1.54, 1.807) is 12.4 Å². The van der Waals surface area contributed by atoms with Crippen molar-refractivity contribution in [3.63, 3.8) is 0 Å². The minimum atomic E-state index is 0.194. The third kappa shape index (κ3) is 2.42. The van der Waals surface area contributed by atoms with Gasteiger partial charge in [0.2, 0.25) is 0 Å². The topological polar surface area (TPSA) is 33.1 Å². The van der Waals surface area contributed by atoms with Crippen LogP contribution in [0.3, 0.4) is 0 Å². The van der Waals surface area contributed by atoms with E-state index in [2.05, 4.69) is 17.1 Å². The molecular weight excluding hydrogens is 186 g/mol. The summed E-state index contributed by atoms with van der Waals surface area (Å²) in [5.41, 5.74) is 3.49. The van der Waals surface area contributed by atoms with Crippen LogP contribution in [0.15, 0.2) is 48.8 Å². The molecule has 1 N–H and O–H groups in total. The molecule has 0 saturated heterocycles. The minimum absolute atomic E-state index is 0.194. The van der Waals surface area contributed by atoms with Gasteiger partial charge in [0, 0.05) is 19.0 Å². The molecule has 0 aliphatic heterocycles. The number of pyridine rings is 1. The Balaban J connectivity index is 2.33. The van der Waals surface area contributed by atoms with Gasteiger partial charge >= 0.3 is 0 Å². The first-order valence-electron chi connectivity index (χ1n) is 5.00. The second-order valence-corrected chi connectivity index (χ2v) is 3.41. The summed E-state index contributed by atoms with van der Waals surface area (Å²) < 4.78 is 0.